The first-order valence-electron chi connectivity index (χ1n) is 9.00. The highest BCUT2D eigenvalue weighted by atomic mass is 35.5. The minimum atomic E-state index is -3.06. The smallest absolute Gasteiger partial charge is 0.251 e. The lowest BCUT2D eigenvalue weighted by molar-refractivity contribution is -0.135. The average molecular weight is 430 g/mol. The minimum absolute atomic E-state index is 0.0489. The van der Waals surface area contributed by atoms with E-state index in [1.165, 1.54) is 4.90 Å². The summed E-state index contributed by atoms with van der Waals surface area (Å²) in [6.45, 7) is 2.20. The standard InChI is InChI=1S/C18H24ClN3O5S/c1-13(18(25)22-9-11-28(26,27)12-10-22)21-16(23)3-2-8-20-17(24)14-4-6-15(19)7-5-14/h4-7,13H,2-3,8-12H2,1H3,(H,20,24)(H,21,23). The topological polar surface area (TPSA) is 113 Å². The van der Waals surface area contributed by atoms with E-state index < -0.39 is 15.9 Å². The second kappa shape index (κ2) is 9.88. The maximum Gasteiger partial charge on any atom is 0.251 e. The van der Waals surface area contributed by atoms with E-state index >= 15 is 0 Å². The van der Waals surface area contributed by atoms with E-state index in [9.17, 15) is 22.8 Å². The maximum absolute atomic E-state index is 12.3. The van der Waals surface area contributed by atoms with Crippen LogP contribution in [0.15, 0.2) is 24.3 Å². The second-order valence-corrected chi connectivity index (χ2v) is 9.37. The van der Waals surface area contributed by atoms with Gasteiger partial charge in [0.15, 0.2) is 9.84 Å². The number of hydrogen-bond donors (Lipinski definition) is 2. The minimum Gasteiger partial charge on any atom is -0.352 e. The number of nitrogens with one attached hydrogen (secondary N) is 2. The van der Waals surface area contributed by atoms with Crippen LogP contribution >= 0.6 is 11.6 Å². The van der Waals surface area contributed by atoms with Crippen molar-refractivity contribution in [1.82, 2.24) is 15.5 Å². The summed E-state index contributed by atoms with van der Waals surface area (Å²) < 4.78 is 22.8. The third-order valence-electron chi connectivity index (χ3n) is 4.38. The van der Waals surface area contributed by atoms with Gasteiger partial charge >= 0.3 is 0 Å². The van der Waals surface area contributed by atoms with Crippen molar-refractivity contribution in [1.29, 1.82) is 0 Å². The van der Waals surface area contributed by atoms with Crippen molar-refractivity contribution < 1.29 is 22.8 Å². The number of halogens is 1. The largest absolute Gasteiger partial charge is 0.352 e. The third-order valence-corrected chi connectivity index (χ3v) is 6.24. The van der Waals surface area contributed by atoms with Gasteiger partial charge in [-0.25, -0.2) is 8.42 Å². The molecule has 8 nitrogen and oxygen atoms in total. The van der Waals surface area contributed by atoms with Gasteiger partial charge in [0, 0.05) is 36.6 Å². The molecule has 0 aliphatic carbocycles. The fourth-order valence-electron chi connectivity index (χ4n) is 2.74. The molecule has 2 N–H and O–H groups in total. The van der Waals surface area contributed by atoms with Crippen molar-refractivity contribution in [3.8, 4) is 0 Å². The van der Waals surface area contributed by atoms with Crippen molar-refractivity contribution in [2.75, 3.05) is 31.1 Å². The Morgan fingerprint density at radius 3 is 2.36 bits per heavy atom. The quantitative estimate of drug-likeness (QED) is 0.617. The van der Waals surface area contributed by atoms with E-state index in [1.54, 1.807) is 31.2 Å². The van der Waals surface area contributed by atoms with Crippen LogP contribution in [0.1, 0.15) is 30.1 Å². The highest BCUT2D eigenvalue weighted by molar-refractivity contribution is 7.91. The van der Waals surface area contributed by atoms with Gasteiger partial charge in [0.2, 0.25) is 11.8 Å². The Bertz CT molecular complexity index is 812. The number of amides is 3. The molecule has 0 aromatic heterocycles. The second-order valence-electron chi connectivity index (χ2n) is 6.63. The summed E-state index contributed by atoms with van der Waals surface area (Å²) in [6, 6.07) is 5.75. The summed E-state index contributed by atoms with van der Waals surface area (Å²) in [5.41, 5.74) is 0.483. The lowest BCUT2D eigenvalue weighted by Crippen LogP contribution is -2.51. The van der Waals surface area contributed by atoms with Crippen LogP contribution in [0, 0.1) is 0 Å². The van der Waals surface area contributed by atoms with E-state index in [1.807, 2.05) is 0 Å². The number of rotatable bonds is 7. The highest BCUT2D eigenvalue weighted by Crippen LogP contribution is 2.09. The predicted octanol–water partition coefficient (Wildman–Crippen LogP) is 0.612. The van der Waals surface area contributed by atoms with Gasteiger partial charge in [0.1, 0.15) is 6.04 Å². The van der Waals surface area contributed by atoms with Crippen LogP contribution in [0.4, 0.5) is 0 Å². The molecule has 0 spiro atoms. The summed E-state index contributed by atoms with van der Waals surface area (Å²) in [7, 11) is -3.06. The molecule has 154 valence electrons. The van der Waals surface area contributed by atoms with Gasteiger partial charge < -0.3 is 15.5 Å². The van der Waals surface area contributed by atoms with Crippen LogP contribution in [0.2, 0.25) is 5.02 Å². The Morgan fingerprint density at radius 2 is 1.75 bits per heavy atom. The Labute approximate surface area is 169 Å². The third kappa shape index (κ3) is 6.79. The number of hydrogen-bond acceptors (Lipinski definition) is 5. The molecule has 2 rings (SSSR count). The van der Waals surface area contributed by atoms with E-state index in [-0.39, 0.29) is 48.7 Å². The monoisotopic (exact) mass is 429 g/mol. The fraction of sp³-hybridized carbons (Fsp3) is 0.500. The summed E-state index contributed by atoms with van der Waals surface area (Å²) >= 11 is 5.77. The molecular formula is C18H24ClN3O5S. The Balaban J connectivity index is 1.67. The van der Waals surface area contributed by atoms with Crippen LogP contribution < -0.4 is 10.6 Å². The summed E-state index contributed by atoms with van der Waals surface area (Å²) in [4.78, 5) is 37.7. The van der Waals surface area contributed by atoms with Gasteiger partial charge in [0.25, 0.3) is 5.91 Å². The predicted molar refractivity (Wildman–Crippen MR) is 106 cm³/mol. The lowest BCUT2D eigenvalue weighted by atomic mass is 10.2. The molecule has 1 saturated heterocycles. The van der Waals surface area contributed by atoms with Crippen molar-refractivity contribution in [2.45, 2.75) is 25.8 Å². The Morgan fingerprint density at radius 1 is 1.14 bits per heavy atom. The molecule has 0 bridgehead atoms. The van der Waals surface area contributed by atoms with Crippen molar-refractivity contribution >= 4 is 39.2 Å². The molecule has 28 heavy (non-hydrogen) atoms. The molecule has 0 radical (unpaired) electrons. The van der Waals surface area contributed by atoms with Gasteiger partial charge in [-0.2, -0.15) is 0 Å². The van der Waals surface area contributed by atoms with Gasteiger partial charge in [-0.3, -0.25) is 14.4 Å². The van der Waals surface area contributed by atoms with Crippen LogP contribution in [-0.2, 0) is 19.4 Å². The van der Waals surface area contributed by atoms with Gasteiger partial charge in [-0.15, -0.1) is 0 Å². The molecule has 1 unspecified atom stereocenters. The number of sulfone groups is 1. The molecule has 1 fully saturated rings. The first kappa shape index (κ1) is 22.2. The highest BCUT2D eigenvalue weighted by Gasteiger charge is 2.28. The van der Waals surface area contributed by atoms with Gasteiger partial charge in [-0.1, -0.05) is 11.6 Å². The lowest BCUT2D eigenvalue weighted by Gasteiger charge is -2.29. The molecule has 10 heteroatoms. The molecule has 1 aromatic carbocycles. The summed E-state index contributed by atoms with van der Waals surface area (Å²) in [6.07, 6.45) is 0.584. The SMILES string of the molecule is CC(NC(=O)CCCNC(=O)c1ccc(Cl)cc1)C(=O)N1CCS(=O)(=O)CC1. The van der Waals surface area contributed by atoms with Crippen LogP contribution in [0.5, 0.6) is 0 Å². The van der Waals surface area contributed by atoms with Crippen molar-refractivity contribution in [3.05, 3.63) is 34.9 Å². The van der Waals surface area contributed by atoms with Crippen molar-refractivity contribution in [3.63, 3.8) is 0 Å². The van der Waals surface area contributed by atoms with E-state index in [2.05, 4.69) is 10.6 Å². The number of carbonyl (C=O) groups is 3. The van der Waals surface area contributed by atoms with Gasteiger partial charge in [-0.05, 0) is 37.6 Å². The summed E-state index contributed by atoms with van der Waals surface area (Å²) in [5, 5.41) is 5.88. The zero-order valence-electron chi connectivity index (χ0n) is 15.6. The molecule has 1 atom stereocenters. The number of benzene rings is 1. The zero-order valence-corrected chi connectivity index (χ0v) is 17.2. The van der Waals surface area contributed by atoms with Crippen LogP contribution in [-0.4, -0.2) is 68.2 Å². The van der Waals surface area contributed by atoms with Crippen LogP contribution in [0.3, 0.4) is 0 Å². The van der Waals surface area contributed by atoms with E-state index in [0.717, 1.165) is 0 Å². The van der Waals surface area contributed by atoms with E-state index in [4.69, 9.17) is 11.6 Å². The first-order chi connectivity index (χ1) is 13.2. The molecule has 3 amide bonds. The van der Waals surface area contributed by atoms with Crippen LogP contribution in [0.25, 0.3) is 0 Å². The van der Waals surface area contributed by atoms with E-state index in [0.29, 0.717) is 23.6 Å². The Hall–Kier alpha value is -2.13. The molecular weight excluding hydrogens is 406 g/mol. The zero-order chi connectivity index (χ0) is 20.7. The first-order valence-corrected chi connectivity index (χ1v) is 11.2. The molecule has 0 saturated carbocycles. The van der Waals surface area contributed by atoms with Gasteiger partial charge in [0.05, 0.1) is 11.5 Å². The Kier molecular flexibility index (Phi) is 7.82. The number of carbonyl (C=O) groups excluding carboxylic acids is 3. The average Bonchev–Trinajstić information content (AvgIpc) is 2.65. The maximum atomic E-state index is 12.3. The van der Waals surface area contributed by atoms with Crippen molar-refractivity contribution in [2.24, 2.45) is 0 Å². The summed E-state index contributed by atoms with van der Waals surface area (Å²) in [5.74, 6) is -0.939. The molecule has 1 heterocycles. The molecule has 1 aliphatic heterocycles. The molecule has 1 aromatic rings. The number of nitrogens with zero attached hydrogens (tertiary/aromatic N) is 1. The normalized spacial score (nSPS) is 16.9. The molecule has 1 aliphatic rings. The fourth-order valence-corrected chi connectivity index (χ4v) is 4.06.